The molecule has 0 saturated heterocycles. The first-order chi connectivity index (χ1) is 14.3. The van der Waals surface area contributed by atoms with Gasteiger partial charge in [-0.25, -0.2) is 8.78 Å². The zero-order chi connectivity index (χ0) is 22.1. The smallest absolute Gasteiger partial charge is 0.257 e. The maximum Gasteiger partial charge on any atom is 0.257 e. The number of nitriles is 1. The Morgan fingerprint density at radius 3 is 2.40 bits per heavy atom. The summed E-state index contributed by atoms with van der Waals surface area (Å²) in [7, 11) is 0. The Hall–Kier alpha value is -2.92. The second-order valence-corrected chi connectivity index (χ2v) is 8.01. The number of thioether (sulfide) groups is 1. The molecule has 0 spiro atoms. The Morgan fingerprint density at radius 1 is 1.10 bits per heavy atom. The van der Waals surface area contributed by atoms with Crippen LogP contribution in [0.2, 0.25) is 0 Å². The number of nitrogens with zero attached hydrogens (tertiary/aromatic N) is 1. The van der Waals surface area contributed by atoms with Gasteiger partial charge in [0.25, 0.3) is 5.91 Å². The number of hydrogen-bond donors (Lipinski definition) is 2. The average molecular weight is 432 g/mol. The molecule has 0 aromatic heterocycles. The van der Waals surface area contributed by atoms with E-state index in [1.165, 1.54) is 6.07 Å². The van der Waals surface area contributed by atoms with Crippen molar-refractivity contribution in [3.05, 3.63) is 70.8 Å². The summed E-state index contributed by atoms with van der Waals surface area (Å²) in [6, 6.07) is 11.7. The van der Waals surface area contributed by atoms with Gasteiger partial charge in [-0.15, -0.1) is 0 Å². The van der Waals surface area contributed by atoms with Crippen molar-refractivity contribution in [3.8, 4) is 6.07 Å². The largest absolute Gasteiger partial charge is 0.353 e. The molecule has 2 N–H and O–H groups in total. The highest BCUT2D eigenvalue weighted by atomic mass is 32.2. The fourth-order valence-corrected chi connectivity index (χ4v) is 3.62. The van der Waals surface area contributed by atoms with E-state index in [2.05, 4.69) is 16.7 Å². The summed E-state index contributed by atoms with van der Waals surface area (Å²) in [4.78, 5) is 24.8. The quantitative estimate of drug-likeness (QED) is 0.594. The first-order valence-electron chi connectivity index (χ1n) is 9.43. The molecule has 2 amide bonds. The van der Waals surface area contributed by atoms with E-state index >= 15 is 0 Å². The van der Waals surface area contributed by atoms with Crippen LogP contribution in [-0.2, 0) is 10.5 Å². The second-order valence-electron chi connectivity index (χ2n) is 6.90. The van der Waals surface area contributed by atoms with E-state index in [1.54, 1.807) is 37.7 Å². The third-order valence-electron chi connectivity index (χ3n) is 4.37. The van der Waals surface area contributed by atoms with Gasteiger partial charge >= 0.3 is 0 Å². The average Bonchev–Trinajstić information content (AvgIpc) is 2.71. The standard InChI is InChI=1S/C22H23F2N3O2S/c1-14(2)20(27-21(28)19-17(23)8-5-9-18(19)24)22(29)26-10-11-30-13-16-7-4-3-6-15(16)12-25/h3-9,14,20H,10-11,13H2,1-2H3,(H,26,29)(H,27,28)/t20-/m1/s1. The normalized spacial score (nSPS) is 11.6. The molecular weight excluding hydrogens is 408 g/mol. The Kier molecular flexibility index (Phi) is 8.81. The maximum absolute atomic E-state index is 13.8. The summed E-state index contributed by atoms with van der Waals surface area (Å²) in [5.41, 5.74) is 0.843. The van der Waals surface area contributed by atoms with Crippen molar-refractivity contribution >= 4 is 23.6 Å². The van der Waals surface area contributed by atoms with Crippen molar-refractivity contribution in [1.29, 1.82) is 5.26 Å². The fourth-order valence-electron chi connectivity index (χ4n) is 2.76. The van der Waals surface area contributed by atoms with Gasteiger partial charge < -0.3 is 10.6 Å². The highest BCUT2D eigenvalue weighted by Gasteiger charge is 2.27. The molecule has 0 radical (unpaired) electrons. The first-order valence-corrected chi connectivity index (χ1v) is 10.6. The minimum Gasteiger partial charge on any atom is -0.353 e. The summed E-state index contributed by atoms with van der Waals surface area (Å²) in [5.74, 6) is -2.40. The van der Waals surface area contributed by atoms with Crippen molar-refractivity contribution in [2.24, 2.45) is 5.92 Å². The SMILES string of the molecule is CC(C)[C@@H](NC(=O)c1c(F)cccc1F)C(=O)NCCSCc1ccccc1C#N. The molecule has 0 aliphatic rings. The Labute approximate surface area is 178 Å². The molecule has 30 heavy (non-hydrogen) atoms. The van der Waals surface area contributed by atoms with E-state index in [0.717, 1.165) is 17.7 Å². The van der Waals surface area contributed by atoms with E-state index in [1.807, 2.05) is 12.1 Å². The van der Waals surface area contributed by atoms with Gasteiger partial charge in [0, 0.05) is 18.1 Å². The molecule has 2 rings (SSSR count). The van der Waals surface area contributed by atoms with Gasteiger partial charge in [0.05, 0.1) is 11.6 Å². The molecule has 0 saturated carbocycles. The molecule has 0 fully saturated rings. The van der Waals surface area contributed by atoms with Gasteiger partial charge in [0.15, 0.2) is 0 Å². The molecule has 5 nitrogen and oxygen atoms in total. The topological polar surface area (TPSA) is 82.0 Å². The number of benzene rings is 2. The number of halogens is 2. The lowest BCUT2D eigenvalue weighted by Gasteiger charge is -2.22. The molecule has 158 valence electrons. The maximum atomic E-state index is 13.8. The lowest BCUT2D eigenvalue weighted by atomic mass is 10.0. The van der Waals surface area contributed by atoms with Crippen LogP contribution >= 0.6 is 11.8 Å². The van der Waals surface area contributed by atoms with Crippen LogP contribution in [0.15, 0.2) is 42.5 Å². The summed E-state index contributed by atoms with van der Waals surface area (Å²) >= 11 is 1.56. The van der Waals surface area contributed by atoms with Gasteiger partial charge in [-0.2, -0.15) is 17.0 Å². The molecule has 8 heteroatoms. The van der Waals surface area contributed by atoms with Crippen LogP contribution in [0.1, 0.15) is 35.3 Å². The molecule has 2 aromatic rings. The summed E-state index contributed by atoms with van der Waals surface area (Å²) in [5, 5.41) is 14.3. The fraction of sp³-hybridized carbons (Fsp3) is 0.318. The van der Waals surface area contributed by atoms with Crippen molar-refractivity contribution in [3.63, 3.8) is 0 Å². The number of carbonyl (C=O) groups is 2. The molecule has 0 unspecified atom stereocenters. The van der Waals surface area contributed by atoms with E-state index in [0.29, 0.717) is 23.6 Å². The van der Waals surface area contributed by atoms with E-state index in [4.69, 9.17) is 5.26 Å². The summed E-state index contributed by atoms with van der Waals surface area (Å²) < 4.78 is 27.6. The van der Waals surface area contributed by atoms with Crippen LogP contribution < -0.4 is 10.6 Å². The van der Waals surface area contributed by atoms with E-state index in [-0.39, 0.29) is 5.92 Å². The summed E-state index contributed by atoms with van der Waals surface area (Å²) in [6.45, 7) is 3.82. The van der Waals surface area contributed by atoms with E-state index in [9.17, 15) is 18.4 Å². The molecule has 0 aliphatic carbocycles. The Balaban J connectivity index is 1.87. The predicted molar refractivity (Wildman–Crippen MR) is 113 cm³/mol. The first kappa shape index (κ1) is 23.4. The highest BCUT2D eigenvalue weighted by molar-refractivity contribution is 7.98. The van der Waals surface area contributed by atoms with Crippen molar-refractivity contribution in [2.75, 3.05) is 12.3 Å². The molecule has 1 atom stereocenters. The number of hydrogen-bond acceptors (Lipinski definition) is 4. The lowest BCUT2D eigenvalue weighted by Crippen LogP contribution is -2.50. The second kappa shape index (κ2) is 11.3. The van der Waals surface area contributed by atoms with Crippen LogP contribution in [-0.4, -0.2) is 30.2 Å². The van der Waals surface area contributed by atoms with Gasteiger partial charge in [0.2, 0.25) is 5.91 Å². The van der Waals surface area contributed by atoms with Crippen molar-refractivity contribution < 1.29 is 18.4 Å². The minimum atomic E-state index is -0.982. The molecule has 0 aliphatic heterocycles. The monoisotopic (exact) mass is 431 g/mol. The highest BCUT2D eigenvalue weighted by Crippen LogP contribution is 2.16. The minimum absolute atomic E-state index is 0.279. The third kappa shape index (κ3) is 6.29. The number of carbonyl (C=O) groups excluding carboxylic acids is 2. The molecular formula is C22H23F2N3O2S. The van der Waals surface area contributed by atoms with Crippen LogP contribution in [0, 0.1) is 28.9 Å². The third-order valence-corrected chi connectivity index (χ3v) is 5.37. The number of amides is 2. The van der Waals surface area contributed by atoms with Crippen LogP contribution in [0.5, 0.6) is 0 Å². The Bertz CT molecular complexity index is 924. The number of nitrogens with one attached hydrogen (secondary N) is 2. The lowest BCUT2D eigenvalue weighted by molar-refractivity contribution is -0.123. The van der Waals surface area contributed by atoms with E-state index < -0.39 is 35.1 Å². The summed E-state index contributed by atoms with van der Waals surface area (Å²) in [6.07, 6.45) is 0. The van der Waals surface area contributed by atoms with Crippen LogP contribution in [0.4, 0.5) is 8.78 Å². The zero-order valence-electron chi connectivity index (χ0n) is 16.7. The van der Waals surface area contributed by atoms with Gasteiger partial charge in [-0.1, -0.05) is 38.1 Å². The van der Waals surface area contributed by atoms with Gasteiger partial charge in [-0.05, 0) is 29.7 Å². The molecule has 0 bridgehead atoms. The number of rotatable bonds is 9. The molecule has 0 heterocycles. The van der Waals surface area contributed by atoms with Crippen LogP contribution in [0.3, 0.4) is 0 Å². The zero-order valence-corrected chi connectivity index (χ0v) is 17.6. The van der Waals surface area contributed by atoms with Gasteiger partial charge in [0.1, 0.15) is 23.2 Å². The van der Waals surface area contributed by atoms with Crippen LogP contribution in [0.25, 0.3) is 0 Å². The van der Waals surface area contributed by atoms with Gasteiger partial charge in [-0.3, -0.25) is 9.59 Å². The Morgan fingerprint density at radius 2 is 1.77 bits per heavy atom. The molecule has 2 aromatic carbocycles. The predicted octanol–water partition coefficient (Wildman–Crippen LogP) is 3.64. The van der Waals surface area contributed by atoms with Crippen molar-refractivity contribution in [1.82, 2.24) is 10.6 Å². The van der Waals surface area contributed by atoms with Crippen molar-refractivity contribution in [2.45, 2.75) is 25.6 Å².